The van der Waals surface area contributed by atoms with Gasteiger partial charge in [0.15, 0.2) is 0 Å². The number of benzene rings is 1. The number of halogens is 1. The van der Waals surface area contributed by atoms with Crippen molar-refractivity contribution in [3.8, 4) is 0 Å². The molecule has 1 amide bonds. The molecule has 0 aliphatic heterocycles. The summed E-state index contributed by atoms with van der Waals surface area (Å²) in [6.07, 6.45) is 4.48. The molecule has 0 radical (unpaired) electrons. The maximum Gasteiger partial charge on any atom is 0.268 e. The van der Waals surface area contributed by atoms with E-state index in [0.29, 0.717) is 11.2 Å². The Morgan fingerprint density at radius 1 is 1.37 bits per heavy atom. The summed E-state index contributed by atoms with van der Waals surface area (Å²) in [6.45, 7) is 1.89. The van der Waals surface area contributed by atoms with E-state index in [0.717, 1.165) is 23.8 Å². The van der Waals surface area contributed by atoms with E-state index in [4.69, 9.17) is 0 Å². The van der Waals surface area contributed by atoms with Crippen LogP contribution < -0.4 is 5.32 Å². The van der Waals surface area contributed by atoms with Crippen LogP contribution in [-0.4, -0.2) is 16.9 Å². The van der Waals surface area contributed by atoms with Gasteiger partial charge >= 0.3 is 0 Å². The fourth-order valence-corrected chi connectivity index (χ4v) is 2.86. The van der Waals surface area contributed by atoms with Crippen molar-refractivity contribution >= 4 is 16.8 Å². The summed E-state index contributed by atoms with van der Waals surface area (Å²) < 4.78 is 13.2. The molecule has 1 aliphatic carbocycles. The molecular formula is C15H17FN2O. The molecule has 0 bridgehead atoms. The van der Waals surface area contributed by atoms with Crippen LogP contribution in [0.5, 0.6) is 0 Å². The standard InChI is InChI=1S/C15H17FN2O/c1-9-12-7-6-10(16)8-13(12)18-14(9)15(19)17-11-4-2-3-5-11/h6-8,11,18H,2-5H2,1H3,(H,17,19). The van der Waals surface area contributed by atoms with Gasteiger partial charge < -0.3 is 10.3 Å². The molecule has 19 heavy (non-hydrogen) atoms. The third kappa shape index (κ3) is 2.23. The van der Waals surface area contributed by atoms with E-state index in [2.05, 4.69) is 10.3 Å². The molecular weight excluding hydrogens is 243 g/mol. The second kappa shape index (κ2) is 4.68. The molecule has 100 valence electrons. The monoisotopic (exact) mass is 260 g/mol. The first-order valence-electron chi connectivity index (χ1n) is 6.74. The average Bonchev–Trinajstić information content (AvgIpc) is 2.97. The Balaban J connectivity index is 1.91. The molecule has 1 aromatic carbocycles. The van der Waals surface area contributed by atoms with Crippen molar-refractivity contribution in [3.05, 3.63) is 35.3 Å². The summed E-state index contributed by atoms with van der Waals surface area (Å²) in [5.74, 6) is -0.377. The summed E-state index contributed by atoms with van der Waals surface area (Å²) in [5.41, 5.74) is 2.10. The van der Waals surface area contributed by atoms with Gasteiger partial charge in [0.25, 0.3) is 5.91 Å². The number of nitrogens with one attached hydrogen (secondary N) is 2. The summed E-state index contributed by atoms with van der Waals surface area (Å²) in [6, 6.07) is 4.84. The lowest BCUT2D eigenvalue weighted by Gasteiger charge is -2.11. The topological polar surface area (TPSA) is 44.9 Å². The quantitative estimate of drug-likeness (QED) is 0.855. The molecule has 3 nitrogen and oxygen atoms in total. The smallest absolute Gasteiger partial charge is 0.268 e. The Kier molecular flexibility index (Phi) is 3.01. The largest absolute Gasteiger partial charge is 0.350 e. The van der Waals surface area contributed by atoms with Gasteiger partial charge in [-0.15, -0.1) is 0 Å². The van der Waals surface area contributed by atoms with E-state index in [1.165, 1.54) is 25.0 Å². The summed E-state index contributed by atoms with van der Waals surface area (Å²) in [5, 5.41) is 3.95. The van der Waals surface area contributed by atoms with Crippen molar-refractivity contribution in [2.75, 3.05) is 0 Å². The van der Waals surface area contributed by atoms with Gasteiger partial charge in [-0.05, 0) is 43.5 Å². The number of aromatic nitrogens is 1. The molecule has 1 aromatic heterocycles. The Labute approximate surface area is 111 Å². The average molecular weight is 260 g/mol. The van der Waals surface area contributed by atoms with E-state index in [1.54, 1.807) is 6.07 Å². The number of aromatic amines is 1. The lowest BCUT2D eigenvalue weighted by molar-refractivity contribution is 0.0933. The van der Waals surface area contributed by atoms with Crippen molar-refractivity contribution in [1.29, 1.82) is 0 Å². The normalized spacial score (nSPS) is 16.1. The van der Waals surface area contributed by atoms with Crippen LogP contribution in [0.25, 0.3) is 10.9 Å². The number of rotatable bonds is 2. The van der Waals surface area contributed by atoms with Crippen molar-refractivity contribution in [3.63, 3.8) is 0 Å². The van der Waals surface area contributed by atoms with Crippen LogP contribution in [0.15, 0.2) is 18.2 Å². The Hall–Kier alpha value is -1.84. The Bertz CT molecular complexity index is 626. The molecule has 0 spiro atoms. The molecule has 1 fully saturated rings. The van der Waals surface area contributed by atoms with Crippen LogP contribution in [0.2, 0.25) is 0 Å². The highest BCUT2D eigenvalue weighted by molar-refractivity contribution is 6.01. The lowest BCUT2D eigenvalue weighted by atomic mass is 10.1. The van der Waals surface area contributed by atoms with Crippen LogP contribution in [0.3, 0.4) is 0 Å². The molecule has 4 heteroatoms. The third-order valence-corrected chi connectivity index (χ3v) is 3.94. The van der Waals surface area contributed by atoms with Gasteiger partial charge in [0.05, 0.1) is 0 Å². The minimum atomic E-state index is -0.295. The maximum atomic E-state index is 13.2. The zero-order valence-corrected chi connectivity index (χ0v) is 10.9. The van der Waals surface area contributed by atoms with Crippen molar-refractivity contribution in [2.24, 2.45) is 0 Å². The van der Waals surface area contributed by atoms with Crippen LogP contribution in [-0.2, 0) is 0 Å². The zero-order valence-electron chi connectivity index (χ0n) is 10.9. The van der Waals surface area contributed by atoms with Gasteiger partial charge in [-0.25, -0.2) is 4.39 Å². The number of amides is 1. The molecule has 2 N–H and O–H groups in total. The van der Waals surface area contributed by atoms with Crippen LogP contribution in [0.1, 0.15) is 41.7 Å². The van der Waals surface area contributed by atoms with Gasteiger partial charge in [-0.2, -0.15) is 0 Å². The Morgan fingerprint density at radius 3 is 2.84 bits per heavy atom. The molecule has 0 atom stereocenters. The fraction of sp³-hybridized carbons (Fsp3) is 0.400. The van der Waals surface area contributed by atoms with Gasteiger partial charge in [0.2, 0.25) is 0 Å². The first-order valence-corrected chi connectivity index (χ1v) is 6.74. The molecule has 1 heterocycles. The summed E-state index contributed by atoms with van der Waals surface area (Å²) in [7, 11) is 0. The molecule has 0 unspecified atom stereocenters. The summed E-state index contributed by atoms with van der Waals surface area (Å²) >= 11 is 0. The van der Waals surface area contributed by atoms with Gasteiger partial charge in [-0.3, -0.25) is 4.79 Å². The summed E-state index contributed by atoms with van der Waals surface area (Å²) in [4.78, 5) is 15.3. The number of hydrogen-bond acceptors (Lipinski definition) is 1. The Morgan fingerprint density at radius 2 is 2.11 bits per heavy atom. The fourth-order valence-electron chi connectivity index (χ4n) is 2.86. The second-order valence-electron chi connectivity index (χ2n) is 5.27. The predicted octanol–water partition coefficient (Wildman–Crippen LogP) is 3.29. The lowest BCUT2D eigenvalue weighted by Crippen LogP contribution is -2.33. The van der Waals surface area contributed by atoms with E-state index in [9.17, 15) is 9.18 Å². The zero-order chi connectivity index (χ0) is 13.4. The highest BCUT2D eigenvalue weighted by Crippen LogP contribution is 2.23. The molecule has 1 aliphatic rings. The number of carbonyl (C=O) groups excluding carboxylic acids is 1. The van der Waals surface area contributed by atoms with Crippen molar-refractivity contribution in [2.45, 2.75) is 38.6 Å². The van der Waals surface area contributed by atoms with Crippen molar-refractivity contribution in [1.82, 2.24) is 10.3 Å². The van der Waals surface area contributed by atoms with E-state index < -0.39 is 0 Å². The van der Waals surface area contributed by atoms with E-state index in [1.807, 2.05) is 6.92 Å². The van der Waals surface area contributed by atoms with Gasteiger partial charge in [-0.1, -0.05) is 12.8 Å². The molecule has 0 saturated heterocycles. The second-order valence-corrected chi connectivity index (χ2v) is 5.27. The number of hydrogen-bond donors (Lipinski definition) is 2. The van der Waals surface area contributed by atoms with Gasteiger partial charge in [0.1, 0.15) is 11.5 Å². The third-order valence-electron chi connectivity index (χ3n) is 3.94. The first-order chi connectivity index (χ1) is 9.15. The maximum absolute atomic E-state index is 13.2. The van der Waals surface area contributed by atoms with Crippen LogP contribution in [0.4, 0.5) is 4.39 Å². The number of carbonyl (C=O) groups is 1. The minimum absolute atomic E-state index is 0.0824. The number of fused-ring (bicyclic) bond motifs is 1. The number of aryl methyl sites for hydroxylation is 1. The number of H-pyrrole nitrogens is 1. The molecule has 3 rings (SSSR count). The SMILES string of the molecule is Cc1c(C(=O)NC2CCCC2)[nH]c2cc(F)ccc12. The van der Waals surface area contributed by atoms with E-state index >= 15 is 0 Å². The van der Waals surface area contributed by atoms with Crippen molar-refractivity contribution < 1.29 is 9.18 Å². The van der Waals surface area contributed by atoms with E-state index in [-0.39, 0.29) is 17.8 Å². The molecule has 2 aromatic rings. The highest BCUT2D eigenvalue weighted by atomic mass is 19.1. The predicted molar refractivity (Wildman–Crippen MR) is 72.7 cm³/mol. The van der Waals surface area contributed by atoms with Gasteiger partial charge in [0, 0.05) is 16.9 Å². The first kappa shape index (κ1) is 12.2. The van der Waals surface area contributed by atoms with Crippen LogP contribution in [0, 0.1) is 12.7 Å². The highest BCUT2D eigenvalue weighted by Gasteiger charge is 2.20. The molecule has 1 saturated carbocycles. The van der Waals surface area contributed by atoms with Crippen LogP contribution >= 0.6 is 0 Å². The minimum Gasteiger partial charge on any atom is -0.350 e.